The summed E-state index contributed by atoms with van der Waals surface area (Å²) in [7, 11) is 0. The highest BCUT2D eigenvalue weighted by atomic mass is 16.5. The molecular weight excluding hydrogens is 334 g/mol. The molecule has 1 heterocycles. The summed E-state index contributed by atoms with van der Waals surface area (Å²) in [6.45, 7) is 4.93. The third-order valence-electron chi connectivity index (χ3n) is 4.87. The Bertz CT molecular complexity index is 801. The van der Waals surface area contributed by atoms with Crippen LogP contribution in [0.1, 0.15) is 23.5 Å². The molecule has 3 heteroatoms. The van der Waals surface area contributed by atoms with Crippen molar-refractivity contribution in [3.05, 3.63) is 103 Å². The number of ether oxygens (including phenoxy) is 2. The maximum Gasteiger partial charge on any atom is 0.160 e. The molecule has 1 saturated heterocycles. The zero-order chi connectivity index (χ0) is 18.5. The van der Waals surface area contributed by atoms with E-state index < -0.39 is 0 Å². The third kappa shape index (κ3) is 4.32. The Morgan fingerprint density at radius 2 is 1.44 bits per heavy atom. The Morgan fingerprint density at radius 1 is 0.778 bits per heavy atom. The highest BCUT2D eigenvalue weighted by Crippen LogP contribution is 2.33. The molecule has 3 aromatic carbocycles. The minimum atomic E-state index is -0.170. The van der Waals surface area contributed by atoms with Crippen LogP contribution in [0.3, 0.4) is 0 Å². The molecule has 0 amide bonds. The molecule has 4 rings (SSSR count). The molecule has 0 saturated carbocycles. The van der Waals surface area contributed by atoms with E-state index in [0.717, 1.165) is 30.0 Å². The van der Waals surface area contributed by atoms with Crippen molar-refractivity contribution in [2.24, 2.45) is 0 Å². The van der Waals surface area contributed by atoms with Crippen LogP contribution >= 0.6 is 0 Å². The first-order valence-corrected chi connectivity index (χ1v) is 9.38. The van der Waals surface area contributed by atoms with E-state index in [0.29, 0.717) is 0 Å². The van der Waals surface area contributed by atoms with Crippen molar-refractivity contribution in [2.75, 3.05) is 6.54 Å². The molecule has 1 radical (unpaired) electrons. The van der Waals surface area contributed by atoms with Crippen LogP contribution in [0, 0.1) is 6.92 Å². The molecule has 0 aromatic heterocycles. The van der Waals surface area contributed by atoms with Gasteiger partial charge in [0.2, 0.25) is 0 Å². The SMILES string of the molecule is [CH2]c1cccc(C2C(Oc3ccccc3)CCNC2Oc2ccccc2)c1. The first-order chi connectivity index (χ1) is 13.3. The molecule has 1 aliphatic heterocycles. The summed E-state index contributed by atoms with van der Waals surface area (Å²) in [6, 6.07) is 28.3. The van der Waals surface area contributed by atoms with E-state index in [9.17, 15) is 0 Å². The lowest BCUT2D eigenvalue weighted by Gasteiger charge is -2.39. The van der Waals surface area contributed by atoms with Crippen molar-refractivity contribution in [2.45, 2.75) is 24.7 Å². The van der Waals surface area contributed by atoms with Gasteiger partial charge in [0.05, 0.1) is 5.92 Å². The lowest BCUT2D eigenvalue weighted by Crippen LogP contribution is -2.52. The molecule has 1 N–H and O–H groups in total. The maximum absolute atomic E-state index is 6.39. The van der Waals surface area contributed by atoms with Crippen molar-refractivity contribution in [1.29, 1.82) is 0 Å². The van der Waals surface area contributed by atoms with Gasteiger partial charge in [0.15, 0.2) is 6.23 Å². The number of benzene rings is 3. The number of nitrogens with one attached hydrogen (secondary N) is 1. The molecule has 1 fully saturated rings. The minimum Gasteiger partial charge on any atom is -0.490 e. The van der Waals surface area contributed by atoms with E-state index in [1.54, 1.807) is 0 Å². The zero-order valence-electron chi connectivity index (χ0n) is 15.3. The second-order valence-corrected chi connectivity index (χ2v) is 6.83. The Balaban J connectivity index is 1.64. The summed E-state index contributed by atoms with van der Waals surface area (Å²) < 4.78 is 12.7. The standard InChI is InChI=1S/C24H24NO2/c1-18-9-8-10-19(17-18)23-22(26-20-11-4-2-5-12-20)15-16-25-24(23)27-21-13-6-3-7-14-21/h2-14,17,22-25H,1,15-16H2. The Morgan fingerprint density at radius 3 is 2.11 bits per heavy atom. The van der Waals surface area contributed by atoms with Crippen molar-refractivity contribution in [1.82, 2.24) is 5.32 Å². The fraction of sp³-hybridized carbons (Fsp3) is 0.208. The average Bonchev–Trinajstić information content (AvgIpc) is 2.70. The normalized spacial score (nSPS) is 22.2. The second kappa shape index (κ2) is 8.28. The molecular formula is C24H24NO2. The largest absolute Gasteiger partial charge is 0.490 e. The van der Waals surface area contributed by atoms with Crippen LogP contribution in [0.4, 0.5) is 0 Å². The first kappa shape index (κ1) is 17.6. The maximum atomic E-state index is 6.39. The van der Waals surface area contributed by atoms with Gasteiger partial charge in [0.1, 0.15) is 17.6 Å². The number of piperidine rings is 1. The summed E-state index contributed by atoms with van der Waals surface area (Å²) in [5.41, 5.74) is 2.17. The van der Waals surface area contributed by atoms with Gasteiger partial charge in [0, 0.05) is 6.54 Å². The van der Waals surface area contributed by atoms with Crippen LogP contribution < -0.4 is 14.8 Å². The van der Waals surface area contributed by atoms with Crippen LogP contribution in [-0.4, -0.2) is 18.9 Å². The summed E-state index contributed by atoms with van der Waals surface area (Å²) in [4.78, 5) is 0. The van der Waals surface area contributed by atoms with Gasteiger partial charge in [-0.15, -0.1) is 0 Å². The van der Waals surface area contributed by atoms with Crippen molar-refractivity contribution < 1.29 is 9.47 Å². The predicted octanol–water partition coefficient (Wildman–Crippen LogP) is 4.80. The van der Waals surface area contributed by atoms with E-state index in [1.165, 1.54) is 5.56 Å². The molecule has 1 aliphatic rings. The van der Waals surface area contributed by atoms with Gasteiger partial charge in [-0.3, -0.25) is 5.32 Å². The van der Waals surface area contributed by atoms with Crippen LogP contribution in [-0.2, 0) is 0 Å². The number of para-hydroxylation sites is 2. The monoisotopic (exact) mass is 358 g/mol. The lowest BCUT2D eigenvalue weighted by molar-refractivity contribution is 0.0293. The summed E-state index contributed by atoms with van der Waals surface area (Å²) in [6.07, 6.45) is 0.760. The summed E-state index contributed by atoms with van der Waals surface area (Å²) in [5, 5.41) is 3.53. The summed E-state index contributed by atoms with van der Waals surface area (Å²) in [5.74, 6) is 1.80. The van der Waals surface area contributed by atoms with Crippen LogP contribution in [0.2, 0.25) is 0 Å². The molecule has 137 valence electrons. The fourth-order valence-electron chi connectivity index (χ4n) is 3.63. The highest BCUT2D eigenvalue weighted by molar-refractivity contribution is 5.32. The lowest BCUT2D eigenvalue weighted by atomic mass is 9.86. The topological polar surface area (TPSA) is 30.5 Å². The van der Waals surface area contributed by atoms with E-state index in [1.807, 2.05) is 72.8 Å². The van der Waals surface area contributed by atoms with Crippen molar-refractivity contribution in [3.8, 4) is 11.5 Å². The van der Waals surface area contributed by atoms with E-state index in [-0.39, 0.29) is 18.2 Å². The molecule has 0 aliphatic carbocycles. The number of rotatable bonds is 5. The Hall–Kier alpha value is -2.78. The Kier molecular flexibility index (Phi) is 5.40. The van der Waals surface area contributed by atoms with Crippen LogP contribution in [0.15, 0.2) is 84.9 Å². The third-order valence-corrected chi connectivity index (χ3v) is 4.87. The summed E-state index contributed by atoms with van der Waals surface area (Å²) >= 11 is 0. The van der Waals surface area contributed by atoms with E-state index >= 15 is 0 Å². The quantitative estimate of drug-likeness (QED) is 0.711. The molecule has 0 bridgehead atoms. The molecule has 3 aromatic rings. The minimum absolute atomic E-state index is 0.0177. The van der Waals surface area contributed by atoms with Gasteiger partial charge in [-0.05, 0) is 48.7 Å². The van der Waals surface area contributed by atoms with Gasteiger partial charge in [-0.25, -0.2) is 0 Å². The average molecular weight is 358 g/mol. The van der Waals surface area contributed by atoms with Gasteiger partial charge in [0.25, 0.3) is 0 Å². The fourth-order valence-corrected chi connectivity index (χ4v) is 3.63. The van der Waals surface area contributed by atoms with Crippen LogP contribution in [0.5, 0.6) is 11.5 Å². The highest BCUT2D eigenvalue weighted by Gasteiger charge is 2.37. The van der Waals surface area contributed by atoms with Gasteiger partial charge >= 0.3 is 0 Å². The molecule has 0 spiro atoms. The van der Waals surface area contributed by atoms with Gasteiger partial charge in [-0.2, -0.15) is 0 Å². The molecule has 3 unspecified atom stereocenters. The molecule has 3 atom stereocenters. The predicted molar refractivity (Wildman–Crippen MR) is 108 cm³/mol. The van der Waals surface area contributed by atoms with Crippen LogP contribution in [0.25, 0.3) is 0 Å². The van der Waals surface area contributed by atoms with E-state index in [4.69, 9.17) is 9.47 Å². The van der Waals surface area contributed by atoms with Crippen molar-refractivity contribution in [3.63, 3.8) is 0 Å². The molecule has 3 nitrogen and oxygen atoms in total. The number of hydrogen-bond acceptors (Lipinski definition) is 3. The smallest absolute Gasteiger partial charge is 0.160 e. The van der Waals surface area contributed by atoms with Gasteiger partial charge < -0.3 is 9.47 Å². The number of hydrogen-bond donors (Lipinski definition) is 1. The molecule has 27 heavy (non-hydrogen) atoms. The van der Waals surface area contributed by atoms with Crippen molar-refractivity contribution >= 4 is 0 Å². The van der Waals surface area contributed by atoms with Gasteiger partial charge in [-0.1, -0.05) is 60.7 Å². The van der Waals surface area contributed by atoms with E-state index in [2.05, 4.69) is 24.4 Å². The first-order valence-electron chi connectivity index (χ1n) is 9.38. The second-order valence-electron chi connectivity index (χ2n) is 6.83. The zero-order valence-corrected chi connectivity index (χ0v) is 15.3. The Labute approximate surface area is 161 Å².